The van der Waals surface area contributed by atoms with Gasteiger partial charge in [0, 0.05) is 0 Å². The quantitative estimate of drug-likeness (QED) is 0.710. The molecule has 1 aliphatic carbocycles. The molecule has 0 unspecified atom stereocenters. The van der Waals surface area contributed by atoms with Crippen LogP contribution in [-0.4, -0.2) is 16.1 Å². The summed E-state index contributed by atoms with van der Waals surface area (Å²) < 4.78 is 5.54. The topological polar surface area (TPSA) is 58.8 Å². The van der Waals surface area contributed by atoms with Crippen molar-refractivity contribution in [2.45, 2.75) is 31.8 Å². The van der Waals surface area contributed by atoms with E-state index < -0.39 is 0 Å². The first-order chi connectivity index (χ1) is 6.88. The largest absolute Gasteiger partial charge is 0.460 e. The molecule has 1 aromatic rings. The van der Waals surface area contributed by atoms with Crippen LogP contribution in [0.1, 0.15) is 31.2 Å². The molecule has 4 heteroatoms. The van der Waals surface area contributed by atoms with Crippen LogP contribution in [0, 0.1) is 11.3 Å². The van der Waals surface area contributed by atoms with Crippen LogP contribution in [0.5, 0.6) is 6.01 Å². The fraction of sp³-hybridized carbons (Fsp3) is 0.500. The van der Waals surface area contributed by atoms with Crippen molar-refractivity contribution in [2.75, 3.05) is 0 Å². The van der Waals surface area contributed by atoms with Gasteiger partial charge in [0.25, 0.3) is 0 Å². The third-order valence-electron chi connectivity index (χ3n) is 2.33. The molecule has 0 atom stereocenters. The molecule has 0 aromatic carbocycles. The van der Waals surface area contributed by atoms with Gasteiger partial charge in [0.2, 0.25) is 0 Å². The fourth-order valence-electron chi connectivity index (χ4n) is 1.59. The summed E-state index contributed by atoms with van der Waals surface area (Å²) in [5.41, 5.74) is 0.462. The Labute approximate surface area is 82.6 Å². The van der Waals surface area contributed by atoms with Crippen LogP contribution in [0.3, 0.4) is 0 Å². The van der Waals surface area contributed by atoms with Crippen molar-refractivity contribution in [2.24, 2.45) is 0 Å². The molecule has 0 aliphatic heterocycles. The second kappa shape index (κ2) is 4.05. The summed E-state index contributed by atoms with van der Waals surface area (Å²) in [7, 11) is 0. The maximum Gasteiger partial charge on any atom is 0.316 e. The van der Waals surface area contributed by atoms with Gasteiger partial charge < -0.3 is 4.74 Å². The lowest BCUT2D eigenvalue weighted by Gasteiger charge is -2.09. The Morgan fingerprint density at radius 2 is 1.93 bits per heavy atom. The first kappa shape index (κ1) is 8.95. The molecular weight excluding hydrogens is 178 g/mol. The number of hydrogen-bond acceptors (Lipinski definition) is 4. The predicted molar refractivity (Wildman–Crippen MR) is 49.6 cm³/mol. The van der Waals surface area contributed by atoms with E-state index in [1.54, 1.807) is 0 Å². The van der Waals surface area contributed by atoms with Gasteiger partial charge in [0.1, 0.15) is 12.2 Å². The van der Waals surface area contributed by atoms with Gasteiger partial charge in [0.05, 0.1) is 18.0 Å². The lowest BCUT2D eigenvalue weighted by molar-refractivity contribution is 0.192. The van der Waals surface area contributed by atoms with Crippen LogP contribution in [0.4, 0.5) is 0 Å². The summed E-state index contributed by atoms with van der Waals surface area (Å²) in [6.45, 7) is 0. The minimum atomic E-state index is 0.267. The highest BCUT2D eigenvalue weighted by Crippen LogP contribution is 2.21. The monoisotopic (exact) mass is 189 g/mol. The standard InChI is InChI=1S/C10H11N3O/c11-5-8-6-12-10(13-7-8)14-9-3-1-2-4-9/h6-7,9H,1-4H2. The molecule has 1 saturated carbocycles. The zero-order chi connectivity index (χ0) is 9.80. The SMILES string of the molecule is N#Cc1cnc(OC2CCCC2)nc1. The van der Waals surface area contributed by atoms with Crippen LogP contribution in [-0.2, 0) is 0 Å². The van der Waals surface area contributed by atoms with Crippen molar-refractivity contribution < 1.29 is 4.74 Å². The Balaban J connectivity index is 1.99. The van der Waals surface area contributed by atoms with Crippen molar-refractivity contribution in [3.63, 3.8) is 0 Å². The number of rotatable bonds is 2. The van der Waals surface area contributed by atoms with Crippen molar-refractivity contribution in [3.8, 4) is 12.1 Å². The first-order valence-electron chi connectivity index (χ1n) is 4.77. The molecule has 0 amide bonds. The zero-order valence-electron chi connectivity index (χ0n) is 7.81. The van der Waals surface area contributed by atoms with Crippen molar-refractivity contribution in [1.29, 1.82) is 5.26 Å². The van der Waals surface area contributed by atoms with Gasteiger partial charge in [-0.3, -0.25) is 0 Å². The fourth-order valence-corrected chi connectivity index (χ4v) is 1.59. The van der Waals surface area contributed by atoms with Gasteiger partial charge in [0.15, 0.2) is 0 Å². The Hall–Kier alpha value is -1.63. The third-order valence-corrected chi connectivity index (χ3v) is 2.33. The molecule has 72 valence electrons. The molecule has 1 aromatic heterocycles. The van der Waals surface area contributed by atoms with Gasteiger partial charge >= 0.3 is 6.01 Å². The van der Waals surface area contributed by atoms with E-state index in [4.69, 9.17) is 10.00 Å². The van der Waals surface area contributed by atoms with E-state index in [0.29, 0.717) is 11.6 Å². The summed E-state index contributed by atoms with van der Waals surface area (Å²) >= 11 is 0. The average Bonchev–Trinajstić information content (AvgIpc) is 2.72. The van der Waals surface area contributed by atoms with E-state index in [1.165, 1.54) is 25.2 Å². The number of nitriles is 1. The van der Waals surface area contributed by atoms with Gasteiger partial charge in [-0.1, -0.05) is 0 Å². The second-order valence-corrected chi connectivity index (χ2v) is 3.39. The zero-order valence-corrected chi connectivity index (χ0v) is 7.81. The van der Waals surface area contributed by atoms with Crippen LogP contribution in [0.2, 0.25) is 0 Å². The van der Waals surface area contributed by atoms with Crippen LogP contribution < -0.4 is 4.74 Å². The molecular formula is C10H11N3O. The number of ether oxygens (including phenoxy) is 1. The molecule has 14 heavy (non-hydrogen) atoms. The molecule has 1 aliphatic rings. The highest BCUT2D eigenvalue weighted by atomic mass is 16.5. The maximum absolute atomic E-state index is 8.54. The first-order valence-corrected chi connectivity index (χ1v) is 4.77. The summed E-state index contributed by atoms with van der Waals surface area (Å²) in [5.74, 6) is 0. The minimum Gasteiger partial charge on any atom is -0.460 e. The number of aromatic nitrogens is 2. The van der Waals surface area contributed by atoms with Crippen molar-refractivity contribution in [1.82, 2.24) is 9.97 Å². The molecule has 1 heterocycles. The van der Waals surface area contributed by atoms with E-state index in [-0.39, 0.29) is 6.10 Å². The van der Waals surface area contributed by atoms with E-state index in [9.17, 15) is 0 Å². The molecule has 0 radical (unpaired) electrons. The Kier molecular flexibility index (Phi) is 2.59. The van der Waals surface area contributed by atoms with E-state index in [2.05, 4.69) is 9.97 Å². The Morgan fingerprint density at radius 3 is 2.50 bits per heavy atom. The third kappa shape index (κ3) is 1.99. The predicted octanol–water partition coefficient (Wildman–Crippen LogP) is 1.67. The lowest BCUT2D eigenvalue weighted by atomic mass is 10.3. The summed E-state index contributed by atoms with van der Waals surface area (Å²) in [6, 6.07) is 2.35. The molecule has 2 rings (SSSR count). The normalized spacial score (nSPS) is 16.5. The van der Waals surface area contributed by atoms with Gasteiger partial charge in [-0.15, -0.1) is 0 Å². The highest BCUT2D eigenvalue weighted by molar-refractivity contribution is 5.22. The molecule has 1 fully saturated rings. The summed E-state index contributed by atoms with van der Waals surface area (Å²) in [5, 5.41) is 8.54. The summed E-state index contributed by atoms with van der Waals surface area (Å²) in [4.78, 5) is 7.91. The molecule has 0 N–H and O–H groups in total. The number of nitrogens with zero attached hydrogens (tertiary/aromatic N) is 3. The molecule has 0 spiro atoms. The lowest BCUT2D eigenvalue weighted by Crippen LogP contribution is -2.12. The smallest absolute Gasteiger partial charge is 0.316 e. The minimum absolute atomic E-state index is 0.267. The highest BCUT2D eigenvalue weighted by Gasteiger charge is 2.17. The molecule has 0 bridgehead atoms. The van der Waals surface area contributed by atoms with Crippen LogP contribution in [0.15, 0.2) is 12.4 Å². The van der Waals surface area contributed by atoms with Crippen LogP contribution in [0.25, 0.3) is 0 Å². The Bertz CT molecular complexity index is 335. The Morgan fingerprint density at radius 1 is 1.29 bits per heavy atom. The van der Waals surface area contributed by atoms with E-state index in [1.807, 2.05) is 6.07 Å². The summed E-state index contributed by atoms with van der Waals surface area (Å²) in [6.07, 6.45) is 7.85. The second-order valence-electron chi connectivity index (χ2n) is 3.39. The van der Waals surface area contributed by atoms with Crippen LogP contribution >= 0.6 is 0 Å². The van der Waals surface area contributed by atoms with E-state index >= 15 is 0 Å². The van der Waals surface area contributed by atoms with Gasteiger partial charge in [-0.25, -0.2) is 9.97 Å². The van der Waals surface area contributed by atoms with Gasteiger partial charge in [-0.2, -0.15) is 5.26 Å². The average molecular weight is 189 g/mol. The molecule has 4 nitrogen and oxygen atoms in total. The molecule has 0 saturated heterocycles. The van der Waals surface area contributed by atoms with Gasteiger partial charge in [-0.05, 0) is 25.7 Å². The maximum atomic E-state index is 8.54. The van der Waals surface area contributed by atoms with Crippen molar-refractivity contribution in [3.05, 3.63) is 18.0 Å². The van der Waals surface area contributed by atoms with E-state index in [0.717, 1.165) is 12.8 Å². The number of hydrogen-bond donors (Lipinski definition) is 0. The van der Waals surface area contributed by atoms with Crippen molar-refractivity contribution >= 4 is 0 Å².